The van der Waals surface area contributed by atoms with Crippen LogP contribution in [0.3, 0.4) is 0 Å². The molecule has 0 aromatic heterocycles. The molecule has 0 aliphatic carbocycles. The number of nitrogens with one attached hydrogen (secondary N) is 1. The highest BCUT2D eigenvalue weighted by molar-refractivity contribution is 6.30. The van der Waals surface area contributed by atoms with Crippen molar-refractivity contribution >= 4 is 29.3 Å². The lowest BCUT2D eigenvalue weighted by Crippen LogP contribution is -2.58. The van der Waals surface area contributed by atoms with Gasteiger partial charge >= 0.3 is 19.3 Å². The maximum absolute atomic E-state index is 12.5. The number of morpholine rings is 2. The average Bonchev–Trinajstić information content (AvgIpc) is 3.19. The van der Waals surface area contributed by atoms with Gasteiger partial charge in [0.25, 0.3) is 0 Å². The van der Waals surface area contributed by atoms with Gasteiger partial charge in [-0.25, -0.2) is 4.79 Å². The highest BCUT2D eigenvalue weighted by atomic mass is 35.5. The molecule has 2 aromatic carbocycles. The quantitative estimate of drug-likeness (QED) is 0.218. The van der Waals surface area contributed by atoms with E-state index in [1.165, 1.54) is 5.56 Å². The number of amides is 1. The zero-order valence-electron chi connectivity index (χ0n) is 33.1. The summed E-state index contributed by atoms with van der Waals surface area (Å²) in [6.07, 6.45) is 4.35. The first kappa shape index (κ1) is 45.8. The summed E-state index contributed by atoms with van der Waals surface area (Å²) in [7, 11) is 0. The number of carbonyl (C=O) groups excluding carboxylic acids is 1. The second-order valence-corrected chi connectivity index (χ2v) is 17.0. The van der Waals surface area contributed by atoms with E-state index in [1.54, 1.807) is 4.90 Å². The predicted octanol–water partition coefficient (Wildman–Crippen LogP) is 7.53. The van der Waals surface area contributed by atoms with Crippen LogP contribution in [0.2, 0.25) is 10.0 Å². The van der Waals surface area contributed by atoms with E-state index in [0.29, 0.717) is 50.5 Å². The molecule has 0 bridgehead atoms. The Morgan fingerprint density at radius 3 is 1.56 bits per heavy atom. The molecule has 10 nitrogen and oxygen atoms in total. The van der Waals surface area contributed by atoms with Crippen LogP contribution in [0.15, 0.2) is 48.5 Å². The van der Waals surface area contributed by atoms with Gasteiger partial charge in [0.05, 0.1) is 38.6 Å². The zero-order valence-corrected chi connectivity index (χ0v) is 34.6. The van der Waals surface area contributed by atoms with Crippen molar-refractivity contribution in [2.75, 3.05) is 65.7 Å². The Morgan fingerprint density at radius 2 is 1.16 bits per heavy atom. The molecular weight excluding hydrogens is 791 g/mol. The van der Waals surface area contributed by atoms with Gasteiger partial charge in [0.2, 0.25) is 0 Å². The van der Waals surface area contributed by atoms with Gasteiger partial charge in [-0.2, -0.15) is 17.6 Å². The van der Waals surface area contributed by atoms with E-state index in [9.17, 15) is 22.4 Å². The molecule has 0 spiro atoms. The van der Waals surface area contributed by atoms with Gasteiger partial charge in [0.1, 0.15) is 5.60 Å². The van der Waals surface area contributed by atoms with Crippen LogP contribution in [0.1, 0.15) is 57.6 Å². The number of alkyl halides is 4. The number of likely N-dealkylation sites (tertiary alicyclic amines) is 1. The minimum Gasteiger partial charge on any atom is -0.444 e. The molecule has 4 saturated heterocycles. The first-order chi connectivity index (χ1) is 27.2. The van der Waals surface area contributed by atoms with Gasteiger partial charge in [-0.15, -0.1) is 0 Å². The third-order valence-corrected chi connectivity index (χ3v) is 11.3. The molecule has 1 amide bonds. The first-order valence-corrected chi connectivity index (χ1v) is 20.7. The standard InChI is InChI=1S/C23H33ClF2N2O4.C18H25ClF2N2O2/c1-23(2,3)32-22(29)27-10-8-18(9-11-27)28-13-20(15-31-21(25)26)30-14-19(28)12-16-4-6-17(24)7-5-16;19-14-3-1-13(2-4-14)9-16-11-24-17(12-25-18(20)21)10-23(16)15-5-7-22-8-6-15/h4-7,18-21H,8-15H2,1-3H3;1-4,15-18,22H,5-12H2/t19-,20+;16-,17+/m00/s1. The molecule has 4 atom stereocenters. The molecule has 320 valence electrons. The van der Waals surface area contributed by atoms with Gasteiger partial charge < -0.3 is 33.9 Å². The van der Waals surface area contributed by atoms with Crippen LogP contribution < -0.4 is 5.32 Å². The third-order valence-electron chi connectivity index (χ3n) is 10.8. The highest BCUT2D eigenvalue weighted by Crippen LogP contribution is 2.28. The maximum Gasteiger partial charge on any atom is 0.410 e. The summed E-state index contributed by atoms with van der Waals surface area (Å²) in [6.45, 7) is 5.11. The largest absolute Gasteiger partial charge is 0.444 e. The average molecular weight is 850 g/mol. The van der Waals surface area contributed by atoms with Gasteiger partial charge in [-0.3, -0.25) is 9.80 Å². The molecule has 0 radical (unpaired) electrons. The monoisotopic (exact) mass is 848 g/mol. The minimum atomic E-state index is -2.81. The van der Waals surface area contributed by atoms with Gasteiger partial charge in [-0.1, -0.05) is 47.5 Å². The van der Waals surface area contributed by atoms with Crippen molar-refractivity contribution in [3.63, 3.8) is 0 Å². The van der Waals surface area contributed by atoms with Crippen LogP contribution in [0, 0.1) is 0 Å². The SMILES string of the molecule is CC(C)(C)OC(=O)N1CCC(N2C[C@H](COC(F)F)OC[C@@H]2Cc2ccc(Cl)cc2)CC1.FC(F)OC[C@H]1CN(C2CCNCC2)[C@@H](Cc2ccc(Cl)cc2)CO1. The molecule has 57 heavy (non-hydrogen) atoms. The van der Waals surface area contributed by atoms with Crippen LogP contribution in [0.25, 0.3) is 0 Å². The Morgan fingerprint density at radius 1 is 0.737 bits per heavy atom. The fourth-order valence-corrected chi connectivity index (χ4v) is 8.25. The van der Waals surface area contributed by atoms with Crippen molar-refractivity contribution in [1.29, 1.82) is 0 Å². The molecule has 6 rings (SSSR count). The molecule has 4 fully saturated rings. The normalized spacial score (nSPS) is 24.7. The lowest BCUT2D eigenvalue weighted by molar-refractivity contribution is -0.175. The summed E-state index contributed by atoms with van der Waals surface area (Å²) in [5, 5.41) is 4.79. The van der Waals surface area contributed by atoms with E-state index in [2.05, 4.69) is 24.6 Å². The van der Waals surface area contributed by atoms with Crippen molar-refractivity contribution in [2.24, 2.45) is 0 Å². The number of carbonyl (C=O) groups is 1. The van der Waals surface area contributed by atoms with Crippen molar-refractivity contribution in [2.45, 2.75) is 114 Å². The number of halogens is 6. The summed E-state index contributed by atoms with van der Waals surface area (Å²) in [5.41, 5.74) is 1.82. The van der Waals surface area contributed by atoms with Crippen LogP contribution in [0.4, 0.5) is 22.4 Å². The molecule has 16 heteroatoms. The Hall–Kier alpha value is -2.27. The summed E-state index contributed by atoms with van der Waals surface area (Å²) in [6, 6.07) is 16.6. The van der Waals surface area contributed by atoms with Crippen LogP contribution >= 0.6 is 23.2 Å². The van der Waals surface area contributed by atoms with Gasteiger partial charge in [0.15, 0.2) is 0 Å². The number of hydrogen-bond acceptors (Lipinski definition) is 9. The van der Waals surface area contributed by atoms with Crippen LogP contribution in [-0.2, 0) is 36.5 Å². The summed E-state index contributed by atoms with van der Waals surface area (Å²) < 4.78 is 75.9. The Kier molecular flexibility index (Phi) is 18.0. The topological polar surface area (TPSA) is 85.0 Å². The third kappa shape index (κ3) is 15.4. The number of piperidine rings is 2. The van der Waals surface area contributed by atoms with E-state index >= 15 is 0 Å². The van der Waals surface area contributed by atoms with Gasteiger partial charge in [-0.05, 0) is 108 Å². The lowest BCUT2D eigenvalue weighted by Gasteiger charge is -2.46. The van der Waals surface area contributed by atoms with E-state index in [0.717, 1.165) is 62.2 Å². The number of benzene rings is 2. The van der Waals surface area contributed by atoms with Crippen LogP contribution in [0.5, 0.6) is 0 Å². The number of ether oxygens (including phenoxy) is 5. The summed E-state index contributed by atoms with van der Waals surface area (Å²) >= 11 is 12.0. The van der Waals surface area contributed by atoms with Crippen molar-refractivity contribution in [3.8, 4) is 0 Å². The first-order valence-electron chi connectivity index (χ1n) is 19.9. The molecule has 4 aliphatic rings. The molecule has 4 heterocycles. The smallest absolute Gasteiger partial charge is 0.410 e. The van der Waals surface area contributed by atoms with E-state index in [-0.39, 0.29) is 43.5 Å². The van der Waals surface area contributed by atoms with E-state index < -0.39 is 24.9 Å². The zero-order chi connectivity index (χ0) is 41.0. The second kappa shape index (κ2) is 22.4. The van der Waals surface area contributed by atoms with E-state index in [4.69, 9.17) is 37.4 Å². The Balaban J connectivity index is 0.000000224. The Labute approximate surface area is 344 Å². The fourth-order valence-electron chi connectivity index (χ4n) is 8.00. The van der Waals surface area contributed by atoms with Crippen molar-refractivity contribution in [3.05, 3.63) is 69.7 Å². The van der Waals surface area contributed by atoms with Crippen molar-refractivity contribution in [1.82, 2.24) is 20.0 Å². The predicted molar refractivity (Wildman–Crippen MR) is 211 cm³/mol. The highest BCUT2D eigenvalue weighted by Gasteiger charge is 2.38. The van der Waals surface area contributed by atoms with Crippen LogP contribution in [-0.4, -0.2) is 142 Å². The van der Waals surface area contributed by atoms with Crippen molar-refractivity contribution < 1.29 is 46.0 Å². The maximum atomic E-state index is 12.5. The number of rotatable bonds is 12. The molecule has 4 aliphatic heterocycles. The summed E-state index contributed by atoms with van der Waals surface area (Å²) in [5.74, 6) is 0. The number of hydrogen-bond donors (Lipinski definition) is 1. The minimum absolute atomic E-state index is 0.0627. The molecule has 0 unspecified atom stereocenters. The number of nitrogens with zero attached hydrogens (tertiary/aromatic N) is 3. The molecule has 2 aromatic rings. The summed E-state index contributed by atoms with van der Waals surface area (Å²) in [4.78, 5) is 18.9. The lowest BCUT2D eigenvalue weighted by atomic mass is 9.96. The Bertz CT molecular complexity index is 1480. The second-order valence-electron chi connectivity index (χ2n) is 16.1. The van der Waals surface area contributed by atoms with Gasteiger partial charge in [0, 0.05) is 60.4 Å². The van der Waals surface area contributed by atoms with E-state index in [1.807, 2.05) is 69.3 Å². The molecule has 0 saturated carbocycles. The molecule has 1 N–H and O–H groups in total. The fraction of sp³-hybridized carbons (Fsp3) is 0.683. The molecular formula is C41H58Cl2F4N4O6.